The van der Waals surface area contributed by atoms with E-state index >= 15 is 0 Å². The fourth-order valence-electron chi connectivity index (χ4n) is 1.24. The largest absolute Gasteiger partial charge is 0.467 e. The molecule has 0 atom stereocenters. The second-order valence-electron chi connectivity index (χ2n) is 3.25. The molecule has 6 nitrogen and oxygen atoms in total. The van der Waals surface area contributed by atoms with Gasteiger partial charge in [-0.2, -0.15) is 0 Å². The number of hydrogen-bond acceptors (Lipinski definition) is 6. The minimum Gasteiger partial charge on any atom is -0.467 e. The van der Waals surface area contributed by atoms with Crippen LogP contribution in [0.25, 0.3) is 0 Å². The Morgan fingerprint density at radius 1 is 1.06 bits per heavy atom. The van der Waals surface area contributed by atoms with Crippen LogP contribution in [-0.4, -0.2) is 40.9 Å². The van der Waals surface area contributed by atoms with Gasteiger partial charge in [-0.3, -0.25) is 0 Å². The van der Waals surface area contributed by atoms with Gasteiger partial charge in [0.1, 0.15) is 17.1 Å². The highest BCUT2D eigenvalue weighted by atomic mass is 16.7. The summed E-state index contributed by atoms with van der Waals surface area (Å²) in [4.78, 5) is 11.5. The van der Waals surface area contributed by atoms with Crippen LogP contribution in [0.2, 0.25) is 0 Å². The third kappa shape index (κ3) is 3.90. The fraction of sp³-hybridized carbons (Fsp3) is 0.417. The Balaban J connectivity index is 2.92. The molecule has 0 fully saturated rings. The third-order valence-electron chi connectivity index (χ3n) is 2.03. The summed E-state index contributed by atoms with van der Waals surface area (Å²) in [5.41, 5.74) is 0.305. The Kier molecular flexibility index (Phi) is 5.96. The first kappa shape index (κ1) is 14.3. The van der Waals surface area contributed by atoms with Crippen LogP contribution >= 0.6 is 0 Å². The van der Waals surface area contributed by atoms with Gasteiger partial charge in [0.15, 0.2) is 13.6 Å². The maximum Gasteiger partial charge on any atom is 0.341 e. The van der Waals surface area contributed by atoms with Gasteiger partial charge in [0.05, 0.1) is 7.11 Å². The van der Waals surface area contributed by atoms with E-state index in [9.17, 15) is 4.79 Å². The number of carbonyl (C=O) groups excluding carboxylic acids is 1. The maximum atomic E-state index is 11.5. The van der Waals surface area contributed by atoms with Crippen molar-refractivity contribution in [1.82, 2.24) is 0 Å². The first-order valence-corrected chi connectivity index (χ1v) is 5.18. The Hall–Kier alpha value is -1.79. The number of rotatable bonds is 7. The molecule has 1 rings (SSSR count). The predicted octanol–water partition coefficient (Wildman–Crippen LogP) is 1.44. The van der Waals surface area contributed by atoms with E-state index in [4.69, 9.17) is 18.9 Å². The molecule has 0 N–H and O–H groups in total. The number of ether oxygens (including phenoxy) is 5. The van der Waals surface area contributed by atoms with Crippen LogP contribution in [0.15, 0.2) is 18.2 Å². The lowest BCUT2D eigenvalue weighted by atomic mass is 10.2. The van der Waals surface area contributed by atoms with E-state index in [1.807, 2.05) is 0 Å². The van der Waals surface area contributed by atoms with Gasteiger partial charge in [-0.1, -0.05) is 0 Å². The molecular weight excluding hydrogens is 240 g/mol. The summed E-state index contributed by atoms with van der Waals surface area (Å²) in [6.45, 7) is 0.138. The molecule has 0 saturated heterocycles. The normalized spacial score (nSPS) is 9.94. The molecule has 0 saturated carbocycles. The van der Waals surface area contributed by atoms with Gasteiger partial charge in [-0.15, -0.1) is 0 Å². The van der Waals surface area contributed by atoms with E-state index in [1.54, 1.807) is 18.2 Å². The maximum absolute atomic E-state index is 11.5. The van der Waals surface area contributed by atoms with Crippen LogP contribution in [0.4, 0.5) is 0 Å². The van der Waals surface area contributed by atoms with Crippen molar-refractivity contribution in [2.24, 2.45) is 0 Å². The summed E-state index contributed by atoms with van der Waals surface area (Å²) in [5, 5.41) is 0. The molecule has 0 bridgehead atoms. The van der Waals surface area contributed by atoms with E-state index < -0.39 is 5.97 Å². The number of carbonyl (C=O) groups is 1. The molecule has 0 radical (unpaired) electrons. The summed E-state index contributed by atoms with van der Waals surface area (Å²) in [6.07, 6.45) is 0. The summed E-state index contributed by atoms with van der Waals surface area (Å²) >= 11 is 0. The number of esters is 1. The second-order valence-corrected chi connectivity index (χ2v) is 3.25. The van der Waals surface area contributed by atoms with Crippen LogP contribution in [0.1, 0.15) is 10.4 Å². The van der Waals surface area contributed by atoms with Crippen LogP contribution in [0.3, 0.4) is 0 Å². The standard InChI is InChI=1S/C12H16O6/c1-14-7-17-9-4-5-10(12(13)16-3)11(6-9)18-8-15-2/h4-6H,7-8H2,1-3H3. The van der Waals surface area contributed by atoms with Crippen LogP contribution in [0, 0.1) is 0 Å². The van der Waals surface area contributed by atoms with Gasteiger partial charge in [0.2, 0.25) is 0 Å². The van der Waals surface area contributed by atoms with Gasteiger partial charge in [-0.05, 0) is 12.1 Å². The molecule has 0 amide bonds. The second kappa shape index (κ2) is 7.52. The van der Waals surface area contributed by atoms with Gasteiger partial charge < -0.3 is 23.7 Å². The predicted molar refractivity (Wildman–Crippen MR) is 62.8 cm³/mol. The first-order chi connectivity index (χ1) is 8.72. The van der Waals surface area contributed by atoms with Crippen LogP contribution in [0.5, 0.6) is 11.5 Å². The minimum atomic E-state index is -0.487. The number of methoxy groups -OCH3 is 3. The monoisotopic (exact) mass is 256 g/mol. The lowest BCUT2D eigenvalue weighted by Gasteiger charge is -2.11. The van der Waals surface area contributed by atoms with Crippen molar-refractivity contribution in [3.05, 3.63) is 23.8 Å². The molecule has 0 aromatic heterocycles. The molecule has 0 aliphatic carbocycles. The molecule has 18 heavy (non-hydrogen) atoms. The number of hydrogen-bond donors (Lipinski definition) is 0. The molecule has 0 aliphatic rings. The quantitative estimate of drug-likeness (QED) is 0.543. The average Bonchev–Trinajstić information content (AvgIpc) is 2.42. The fourth-order valence-corrected chi connectivity index (χ4v) is 1.24. The SMILES string of the molecule is COCOc1ccc(C(=O)OC)c(OCOC)c1. The van der Waals surface area contributed by atoms with Crippen molar-refractivity contribution in [1.29, 1.82) is 0 Å². The Bertz CT molecular complexity index is 390. The zero-order valence-electron chi connectivity index (χ0n) is 10.6. The summed E-state index contributed by atoms with van der Waals surface area (Å²) in [5.74, 6) is 0.368. The highest BCUT2D eigenvalue weighted by molar-refractivity contribution is 5.92. The van der Waals surface area contributed by atoms with Gasteiger partial charge in [-0.25, -0.2) is 4.79 Å². The molecule has 1 aromatic carbocycles. The summed E-state index contributed by atoms with van der Waals surface area (Å²) in [7, 11) is 4.31. The van der Waals surface area contributed by atoms with E-state index in [0.29, 0.717) is 17.1 Å². The van der Waals surface area contributed by atoms with Gasteiger partial charge in [0, 0.05) is 20.3 Å². The third-order valence-corrected chi connectivity index (χ3v) is 2.03. The number of benzene rings is 1. The molecule has 0 heterocycles. The molecule has 0 unspecified atom stereocenters. The molecule has 0 spiro atoms. The van der Waals surface area contributed by atoms with Crippen molar-refractivity contribution in [2.75, 3.05) is 34.9 Å². The van der Waals surface area contributed by atoms with E-state index in [2.05, 4.69) is 4.74 Å². The summed E-state index contributed by atoms with van der Waals surface area (Å²) in [6, 6.07) is 4.76. The molecule has 100 valence electrons. The lowest BCUT2D eigenvalue weighted by Crippen LogP contribution is -2.08. The Labute approximate surface area is 105 Å². The van der Waals surface area contributed by atoms with E-state index in [1.165, 1.54) is 21.3 Å². The smallest absolute Gasteiger partial charge is 0.341 e. The van der Waals surface area contributed by atoms with Crippen molar-refractivity contribution >= 4 is 5.97 Å². The van der Waals surface area contributed by atoms with Crippen molar-refractivity contribution in [3.63, 3.8) is 0 Å². The molecule has 1 aromatic rings. The van der Waals surface area contributed by atoms with E-state index in [-0.39, 0.29) is 13.6 Å². The van der Waals surface area contributed by atoms with Crippen molar-refractivity contribution < 1.29 is 28.5 Å². The Morgan fingerprint density at radius 2 is 1.72 bits per heavy atom. The zero-order valence-corrected chi connectivity index (χ0v) is 10.6. The first-order valence-electron chi connectivity index (χ1n) is 5.18. The minimum absolute atomic E-state index is 0.0255. The lowest BCUT2D eigenvalue weighted by molar-refractivity contribution is 0.0435. The van der Waals surface area contributed by atoms with Crippen LogP contribution < -0.4 is 9.47 Å². The Morgan fingerprint density at radius 3 is 2.33 bits per heavy atom. The average molecular weight is 256 g/mol. The van der Waals surface area contributed by atoms with Gasteiger partial charge in [0.25, 0.3) is 0 Å². The molecular formula is C12H16O6. The van der Waals surface area contributed by atoms with E-state index in [0.717, 1.165) is 0 Å². The zero-order chi connectivity index (χ0) is 13.4. The molecule has 6 heteroatoms. The highest BCUT2D eigenvalue weighted by Gasteiger charge is 2.14. The highest BCUT2D eigenvalue weighted by Crippen LogP contribution is 2.25. The van der Waals surface area contributed by atoms with Crippen molar-refractivity contribution in [2.45, 2.75) is 0 Å². The van der Waals surface area contributed by atoms with Crippen LogP contribution in [-0.2, 0) is 14.2 Å². The van der Waals surface area contributed by atoms with Crippen molar-refractivity contribution in [3.8, 4) is 11.5 Å². The topological polar surface area (TPSA) is 63.2 Å². The molecule has 0 aliphatic heterocycles. The van der Waals surface area contributed by atoms with Gasteiger partial charge >= 0.3 is 5.97 Å². The summed E-state index contributed by atoms with van der Waals surface area (Å²) < 4.78 is 24.8.